The summed E-state index contributed by atoms with van der Waals surface area (Å²) in [5.74, 6) is 2.95. The number of aliphatic imine (C=N–C) groups is 1. The molecule has 28 heavy (non-hydrogen) atoms. The van der Waals surface area contributed by atoms with Crippen molar-refractivity contribution in [2.45, 2.75) is 45.4 Å². The SMILES string of the molecule is CCCN=C(NCCc1ccco1)N1CCC(CCCN(C)CCOC)CC1. The molecule has 1 N–H and O–H groups in total. The highest BCUT2D eigenvalue weighted by Crippen LogP contribution is 2.22. The minimum atomic E-state index is 0.821. The molecule has 2 heterocycles. The van der Waals surface area contributed by atoms with Crippen molar-refractivity contribution >= 4 is 5.96 Å². The summed E-state index contributed by atoms with van der Waals surface area (Å²) in [6.45, 7) is 9.17. The normalized spacial score (nSPS) is 16.1. The lowest BCUT2D eigenvalue weighted by Gasteiger charge is -2.34. The first kappa shape index (κ1) is 22.8. The Bertz CT molecular complexity index is 525. The average molecular weight is 393 g/mol. The molecule has 6 heteroatoms. The predicted molar refractivity (Wildman–Crippen MR) is 116 cm³/mol. The van der Waals surface area contributed by atoms with Crippen LogP contribution in [0.15, 0.2) is 27.8 Å². The molecule has 0 aliphatic carbocycles. The third-order valence-electron chi connectivity index (χ3n) is 5.46. The van der Waals surface area contributed by atoms with Gasteiger partial charge in [-0.2, -0.15) is 0 Å². The number of hydrogen-bond donors (Lipinski definition) is 1. The number of piperidine rings is 1. The monoisotopic (exact) mass is 392 g/mol. The number of nitrogens with one attached hydrogen (secondary N) is 1. The molecule has 0 unspecified atom stereocenters. The second kappa shape index (κ2) is 13.6. The molecular weight excluding hydrogens is 352 g/mol. The zero-order chi connectivity index (χ0) is 20.0. The van der Waals surface area contributed by atoms with E-state index in [1.165, 1.54) is 32.2 Å². The molecule has 1 saturated heterocycles. The van der Waals surface area contributed by atoms with E-state index in [1.807, 2.05) is 12.1 Å². The lowest BCUT2D eigenvalue weighted by atomic mass is 9.92. The molecule has 0 bridgehead atoms. The molecule has 160 valence electrons. The van der Waals surface area contributed by atoms with Crippen molar-refractivity contribution in [3.63, 3.8) is 0 Å². The number of hydrogen-bond acceptors (Lipinski definition) is 4. The van der Waals surface area contributed by atoms with Gasteiger partial charge in [-0.15, -0.1) is 0 Å². The highest BCUT2D eigenvalue weighted by atomic mass is 16.5. The highest BCUT2D eigenvalue weighted by Gasteiger charge is 2.21. The summed E-state index contributed by atoms with van der Waals surface area (Å²) in [6, 6.07) is 3.98. The van der Waals surface area contributed by atoms with Gasteiger partial charge in [0.25, 0.3) is 0 Å². The van der Waals surface area contributed by atoms with Crippen LogP contribution in [0.1, 0.15) is 44.8 Å². The van der Waals surface area contributed by atoms with Gasteiger partial charge >= 0.3 is 0 Å². The van der Waals surface area contributed by atoms with E-state index in [4.69, 9.17) is 14.1 Å². The van der Waals surface area contributed by atoms with Crippen molar-refractivity contribution < 1.29 is 9.15 Å². The number of furan rings is 1. The minimum Gasteiger partial charge on any atom is -0.469 e. The summed E-state index contributed by atoms with van der Waals surface area (Å²) in [5.41, 5.74) is 0. The largest absolute Gasteiger partial charge is 0.469 e. The molecular formula is C22H40N4O2. The molecule has 6 nitrogen and oxygen atoms in total. The minimum absolute atomic E-state index is 0.821. The number of likely N-dealkylation sites (tertiary alicyclic amines) is 1. The number of methoxy groups -OCH3 is 1. The van der Waals surface area contributed by atoms with Crippen LogP contribution in [0.4, 0.5) is 0 Å². The van der Waals surface area contributed by atoms with Gasteiger partial charge in [0.2, 0.25) is 0 Å². The first-order valence-electron chi connectivity index (χ1n) is 11.0. The van der Waals surface area contributed by atoms with Gasteiger partial charge in [-0.25, -0.2) is 0 Å². The van der Waals surface area contributed by atoms with Crippen molar-refractivity contribution in [2.75, 3.05) is 60.0 Å². The molecule has 0 saturated carbocycles. The van der Waals surface area contributed by atoms with Crippen LogP contribution in [-0.2, 0) is 11.2 Å². The third kappa shape index (κ3) is 8.65. The predicted octanol–water partition coefficient (Wildman–Crippen LogP) is 3.25. The summed E-state index contributed by atoms with van der Waals surface area (Å²) in [4.78, 5) is 9.62. The van der Waals surface area contributed by atoms with Gasteiger partial charge in [-0.3, -0.25) is 4.99 Å². The summed E-state index contributed by atoms with van der Waals surface area (Å²) >= 11 is 0. The number of guanidine groups is 1. The number of ether oxygens (including phenoxy) is 1. The summed E-state index contributed by atoms with van der Waals surface area (Å²) in [5, 5.41) is 3.55. The summed E-state index contributed by atoms with van der Waals surface area (Å²) in [6.07, 6.45) is 8.87. The Morgan fingerprint density at radius 3 is 2.86 bits per heavy atom. The van der Waals surface area contributed by atoms with Crippen LogP contribution in [0, 0.1) is 5.92 Å². The van der Waals surface area contributed by atoms with Crippen LogP contribution < -0.4 is 5.32 Å². The van der Waals surface area contributed by atoms with Gasteiger partial charge in [-0.05, 0) is 63.7 Å². The molecule has 0 amide bonds. The number of rotatable bonds is 12. The van der Waals surface area contributed by atoms with E-state index < -0.39 is 0 Å². The molecule has 1 aliphatic heterocycles. The standard InChI is InChI=1S/C22H40N4O2/c1-4-12-23-22(24-13-9-21-8-6-18-28-21)26-15-10-20(11-16-26)7-5-14-25(2)17-19-27-3/h6,8,18,20H,4-5,7,9-17,19H2,1-3H3,(H,23,24). The molecule has 0 aromatic carbocycles. The highest BCUT2D eigenvalue weighted by molar-refractivity contribution is 5.80. The fourth-order valence-corrected chi connectivity index (χ4v) is 3.68. The maximum Gasteiger partial charge on any atom is 0.193 e. The Kier molecular flexibility index (Phi) is 11.1. The van der Waals surface area contributed by atoms with E-state index in [0.29, 0.717) is 0 Å². The van der Waals surface area contributed by atoms with E-state index in [0.717, 1.165) is 69.8 Å². The van der Waals surface area contributed by atoms with Crippen LogP contribution >= 0.6 is 0 Å². The lowest BCUT2D eigenvalue weighted by molar-refractivity contribution is 0.158. The van der Waals surface area contributed by atoms with Crippen LogP contribution in [0.25, 0.3) is 0 Å². The van der Waals surface area contributed by atoms with Gasteiger partial charge in [0.1, 0.15) is 5.76 Å². The molecule has 0 spiro atoms. The molecule has 1 aliphatic rings. The van der Waals surface area contributed by atoms with E-state index in [1.54, 1.807) is 13.4 Å². The average Bonchev–Trinajstić information content (AvgIpc) is 3.23. The zero-order valence-corrected chi connectivity index (χ0v) is 18.2. The first-order chi connectivity index (χ1) is 13.7. The van der Waals surface area contributed by atoms with Gasteiger partial charge in [0.05, 0.1) is 12.9 Å². The van der Waals surface area contributed by atoms with Crippen LogP contribution in [0.2, 0.25) is 0 Å². The zero-order valence-electron chi connectivity index (χ0n) is 18.2. The van der Waals surface area contributed by atoms with Crippen LogP contribution in [-0.4, -0.2) is 75.8 Å². The Labute approximate surface area is 171 Å². The van der Waals surface area contributed by atoms with E-state index in [-0.39, 0.29) is 0 Å². The second-order valence-electron chi connectivity index (χ2n) is 7.83. The Balaban J connectivity index is 1.68. The van der Waals surface area contributed by atoms with Crippen LogP contribution in [0.3, 0.4) is 0 Å². The molecule has 0 atom stereocenters. The topological polar surface area (TPSA) is 53.2 Å². The molecule has 1 aromatic heterocycles. The Morgan fingerprint density at radius 2 is 2.18 bits per heavy atom. The summed E-state index contributed by atoms with van der Waals surface area (Å²) in [7, 11) is 3.96. The van der Waals surface area contributed by atoms with Gasteiger partial charge in [0.15, 0.2) is 5.96 Å². The third-order valence-corrected chi connectivity index (χ3v) is 5.46. The molecule has 1 aromatic rings. The fraction of sp³-hybridized carbons (Fsp3) is 0.773. The lowest BCUT2D eigenvalue weighted by Crippen LogP contribution is -2.46. The smallest absolute Gasteiger partial charge is 0.193 e. The van der Waals surface area contributed by atoms with Gasteiger partial charge < -0.3 is 24.3 Å². The number of nitrogens with zero attached hydrogens (tertiary/aromatic N) is 3. The molecule has 0 radical (unpaired) electrons. The number of likely N-dealkylation sites (N-methyl/N-ethyl adjacent to an activating group) is 1. The molecule has 2 rings (SSSR count). The van der Waals surface area contributed by atoms with E-state index >= 15 is 0 Å². The Morgan fingerprint density at radius 1 is 1.36 bits per heavy atom. The van der Waals surface area contributed by atoms with Crippen molar-refractivity contribution in [2.24, 2.45) is 10.9 Å². The van der Waals surface area contributed by atoms with Crippen molar-refractivity contribution in [3.8, 4) is 0 Å². The van der Waals surface area contributed by atoms with E-state index in [2.05, 4.69) is 29.1 Å². The molecule has 1 fully saturated rings. The van der Waals surface area contributed by atoms with Gasteiger partial charge in [-0.1, -0.05) is 6.92 Å². The maximum atomic E-state index is 5.43. The Hall–Kier alpha value is -1.53. The first-order valence-corrected chi connectivity index (χ1v) is 11.0. The van der Waals surface area contributed by atoms with Crippen molar-refractivity contribution in [1.82, 2.24) is 15.1 Å². The quantitative estimate of drug-likeness (QED) is 0.437. The fourth-order valence-electron chi connectivity index (χ4n) is 3.68. The van der Waals surface area contributed by atoms with Crippen molar-refractivity contribution in [3.05, 3.63) is 24.2 Å². The van der Waals surface area contributed by atoms with Crippen LogP contribution in [0.5, 0.6) is 0 Å². The maximum absolute atomic E-state index is 5.43. The van der Waals surface area contributed by atoms with Gasteiger partial charge in [0, 0.05) is 46.3 Å². The second-order valence-corrected chi connectivity index (χ2v) is 7.83. The van der Waals surface area contributed by atoms with E-state index in [9.17, 15) is 0 Å². The van der Waals surface area contributed by atoms with Crippen molar-refractivity contribution in [1.29, 1.82) is 0 Å². The summed E-state index contributed by atoms with van der Waals surface area (Å²) < 4.78 is 10.6.